The first kappa shape index (κ1) is 7.66. The van der Waals surface area contributed by atoms with Crippen molar-refractivity contribution in [2.45, 2.75) is 0 Å². The molecule has 1 heteroatoms. The van der Waals surface area contributed by atoms with E-state index in [1.807, 2.05) is 18.2 Å². The molecule has 0 saturated heterocycles. The first-order valence-electron chi connectivity index (χ1n) is 3.32. The second-order valence-electron chi connectivity index (χ2n) is 2.29. The van der Waals surface area contributed by atoms with Gasteiger partial charge >= 0.3 is 0 Å². The highest BCUT2D eigenvalue weighted by molar-refractivity contribution is 6.34. The van der Waals surface area contributed by atoms with Crippen molar-refractivity contribution in [2.75, 3.05) is 0 Å². The smallest absolute Gasteiger partial charge is 0.0401 e. The molecule has 0 atom stereocenters. The second-order valence-corrected chi connectivity index (χ2v) is 3.36. The first-order valence-corrected chi connectivity index (χ1v) is 4.32. The van der Waals surface area contributed by atoms with Gasteiger partial charge in [0.2, 0.25) is 0 Å². The molecule has 0 bridgehead atoms. The summed E-state index contributed by atoms with van der Waals surface area (Å²) in [6, 6.07) is 5.83. The molecule has 0 N–H and O–H groups in total. The molecule has 0 spiro atoms. The average Bonchev–Trinajstić information content (AvgIpc) is 2.04. The van der Waals surface area contributed by atoms with Crippen molar-refractivity contribution in [3.05, 3.63) is 29.3 Å². The Kier molecular flexibility index (Phi) is 2.16. The summed E-state index contributed by atoms with van der Waals surface area (Å²) in [6.45, 7) is 0. The highest BCUT2D eigenvalue weighted by Crippen LogP contribution is 2.01. The predicted octanol–water partition coefficient (Wildman–Crippen LogP) is -0.360. The Labute approximate surface area is 70.1 Å². The molecule has 0 fully saturated rings. The van der Waals surface area contributed by atoms with Crippen molar-refractivity contribution in [3.63, 3.8) is 0 Å². The van der Waals surface area contributed by atoms with Gasteiger partial charge in [-0.2, -0.15) is 0 Å². The van der Waals surface area contributed by atoms with Gasteiger partial charge in [0.05, 0.1) is 0 Å². The highest BCUT2D eigenvalue weighted by Gasteiger charge is 1.97. The molecule has 0 heterocycles. The fourth-order valence-corrected chi connectivity index (χ4v) is 1.59. The van der Waals surface area contributed by atoms with E-state index in [4.69, 9.17) is 12.8 Å². The van der Waals surface area contributed by atoms with Gasteiger partial charge in [0.1, 0.15) is 0 Å². The maximum absolute atomic E-state index is 5.30. The van der Waals surface area contributed by atoms with Crippen LogP contribution in [0.15, 0.2) is 18.2 Å². The number of benzene rings is 1. The third-order valence-corrected chi connectivity index (χ3v) is 2.41. The van der Waals surface area contributed by atoms with E-state index < -0.39 is 0 Å². The standard InChI is InChI=1S/C10H8Si/c1-3-8-6-5-7-10(11)9(8)4-2/h1-2,5-7H,11H3. The molecule has 0 aliphatic carbocycles. The van der Waals surface area contributed by atoms with Gasteiger partial charge in [-0.1, -0.05) is 29.2 Å². The summed E-state index contributed by atoms with van der Waals surface area (Å²) in [5.41, 5.74) is 1.72. The molecule has 0 aliphatic heterocycles. The number of hydrogen-bond donors (Lipinski definition) is 0. The van der Waals surface area contributed by atoms with Crippen LogP contribution in [-0.2, 0) is 0 Å². The minimum atomic E-state index is 0.833. The summed E-state index contributed by atoms with van der Waals surface area (Å²) in [6.07, 6.45) is 10.6. The summed E-state index contributed by atoms with van der Waals surface area (Å²) in [5.74, 6) is 5.17. The normalized spacial score (nSPS) is 8.55. The van der Waals surface area contributed by atoms with Gasteiger partial charge in [-0.25, -0.2) is 0 Å². The summed E-state index contributed by atoms with van der Waals surface area (Å²) >= 11 is 0. The third kappa shape index (κ3) is 1.34. The average molecular weight is 156 g/mol. The van der Waals surface area contributed by atoms with Gasteiger partial charge in [-0.15, -0.1) is 12.8 Å². The molecule has 1 rings (SSSR count). The Morgan fingerprint density at radius 1 is 1.18 bits per heavy atom. The van der Waals surface area contributed by atoms with Crippen molar-refractivity contribution < 1.29 is 0 Å². The monoisotopic (exact) mass is 156 g/mol. The quantitative estimate of drug-likeness (QED) is 0.355. The summed E-state index contributed by atoms with van der Waals surface area (Å²) in [5, 5.41) is 1.20. The molecular weight excluding hydrogens is 148 g/mol. The Hall–Kier alpha value is -1.44. The molecule has 0 amide bonds. The Balaban J connectivity index is 3.42. The zero-order valence-electron chi connectivity index (χ0n) is 6.39. The van der Waals surface area contributed by atoms with Crippen LogP contribution in [0.3, 0.4) is 0 Å². The summed E-state index contributed by atoms with van der Waals surface area (Å²) in [4.78, 5) is 0. The lowest BCUT2D eigenvalue weighted by molar-refractivity contribution is 1.64. The van der Waals surface area contributed by atoms with Gasteiger partial charge < -0.3 is 0 Å². The number of hydrogen-bond acceptors (Lipinski definition) is 0. The molecule has 0 aromatic heterocycles. The molecule has 0 radical (unpaired) electrons. The van der Waals surface area contributed by atoms with Crippen LogP contribution in [0.2, 0.25) is 0 Å². The van der Waals surface area contributed by atoms with Crippen LogP contribution in [0, 0.1) is 24.7 Å². The summed E-state index contributed by atoms with van der Waals surface area (Å²) in [7, 11) is 0.950. The lowest BCUT2D eigenvalue weighted by Crippen LogP contribution is -2.08. The van der Waals surface area contributed by atoms with Crippen LogP contribution < -0.4 is 5.19 Å². The number of terminal acetylenes is 2. The van der Waals surface area contributed by atoms with Gasteiger partial charge in [-0.3, -0.25) is 0 Å². The van der Waals surface area contributed by atoms with E-state index in [0.29, 0.717) is 0 Å². The predicted molar refractivity (Wildman–Crippen MR) is 51.9 cm³/mol. The minimum Gasteiger partial charge on any atom is -0.115 e. The first-order chi connectivity index (χ1) is 5.29. The van der Waals surface area contributed by atoms with Gasteiger partial charge in [-0.05, 0) is 6.07 Å². The molecule has 0 unspecified atom stereocenters. The molecule has 1 aromatic rings. The van der Waals surface area contributed by atoms with Crippen LogP contribution >= 0.6 is 0 Å². The third-order valence-electron chi connectivity index (χ3n) is 1.57. The Morgan fingerprint density at radius 3 is 2.36 bits per heavy atom. The molecule has 0 aliphatic rings. The van der Waals surface area contributed by atoms with Crippen molar-refractivity contribution >= 4 is 15.4 Å². The fraction of sp³-hybridized carbons (Fsp3) is 0. The summed E-state index contributed by atoms with van der Waals surface area (Å²) < 4.78 is 0. The van der Waals surface area contributed by atoms with Crippen molar-refractivity contribution in [1.29, 1.82) is 0 Å². The Bertz CT molecular complexity index is 350. The maximum Gasteiger partial charge on any atom is 0.0401 e. The van der Waals surface area contributed by atoms with Gasteiger partial charge in [0, 0.05) is 21.4 Å². The Morgan fingerprint density at radius 2 is 1.91 bits per heavy atom. The van der Waals surface area contributed by atoms with Crippen LogP contribution in [0.25, 0.3) is 0 Å². The van der Waals surface area contributed by atoms with Crippen LogP contribution in [0.5, 0.6) is 0 Å². The van der Waals surface area contributed by atoms with Crippen molar-refractivity contribution in [1.82, 2.24) is 0 Å². The van der Waals surface area contributed by atoms with E-state index >= 15 is 0 Å². The van der Waals surface area contributed by atoms with Crippen molar-refractivity contribution in [3.8, 4) is 24.7 Å². The maximum atomic E-state index is 5.30. The van der Waals surface area contributed by atoms with E-state index in [1.54, 1.807) is 0 Å². The molecule has 1 aromatic carbocycles. The van der Waals surface area contributed by atoms with E-state index in [0.717, 1.165) is 21.4 Å². The van der Waals surface area contributed by atoms with Gasteiger partial charge in [0.15, 0.2) is 0 Å². The topological polar surface area (TPSA) is 0 Å². The zero-order chi connectivity index (χ0) is 8.27. The second kappa shape index (κ2) is 3.10. The minimum absolute atomic E-state index is 0.833. The van der Waals surface area contributed by atoms with Crippen molar-refractivity contribution in [2.24, 2.45) is 0 Å². The van der Waals surface area contributed by atoms with Crippen LogP contribution in [0.4, 0.5) is 0 Å². The molecule has 52 valence electrons. The van der Waals surface area contributed by atoms with E-state index in [-0.39, 0.29) is 0 Å². The SMILES string of the molecule is C#Cc1cccc([SiH3])c1C#C. The highest BCUT2D eigenvalue weighted by atomic mass is 28.1. The van der Waals surface area contributed by atoms with E-state index in [2.05, 4.69) is 11.8 Å². The zero-order valence-corrected chi connectivity index (χ0v) is 8.39. The molecule has 11 heavy (non-hydrogen) atoms. The van der Waals surface area contributed by atoms with Crippen LogP contribution in [-0.4, -0.2) is 10.2 Å². The van der Waals surface area contributed by atoms with E-state index in [1.165, 1.54) is 5.19 Å². The lowest BCUT2D eigenvalue weighted by atomic mass is 10.1. The molecule has 0 nitrogen and oxygen atoms in total. The largest absolute Gasteiger partial charge is 0.115 e. The molecule has 0 saturated carbocycles. The van der Waals surface area contributed by atoms with E-state index in [9.17, 15) is 0 Å². The molecular formula is C10H8Si. The van der Waals surface area contributed by atoms with Crippen LogP contribution in [0.1, 0.15) is 11.1 Å². The lowest BCUT2D eigenvalue weighted by Gasteiger charge is -1.99. The number of rotatable bonds is 0. The van der Waals surface area contributed by atoms with Gasteiger partial charge in [0.25, 0.3) is 0 Å². The fourth-order valence-electron chi connectivity index (χ4n) is 0.980.